The van der Waals surface area contributed by atoms with Crippen molar-refractivity contribution in [3.05, 3.63) is 0 Å². The molecule has 8 nitrogen and oxygen atoms in total. The fourth-order valence-electron chi connectivity index (χ4n) is 1.02. The van der Waals surface area contributed by atoms with Crippen molar-refractivity contribution in [1.82, 2.24) is 10.2 Å². The normalized spacial score (nSPS) is 9.71. The highest BCUT2D eigenvalue weighted by molar-refractivity contribution is 5.82. The second-order valence-electron chi connectivity index (χ2n) is 3.16. The van der Waals surface area contributed by atoms with Crippen molar-refractivity contribution in [2.24, 2.45) is 5.73 Å². The smallest absolute Gasteiger partial charge is 0.329 e. The number of nitrogens with two attached hydrogens (primary N) is 1. The van der Waals surface area contributed by atoms with Crippen LogP contribution in [0.3, 0.4) is 0 Å². The molecule has 0 rings (SSSR count). The first-order valence-electron chi connectivity index (χ1n) is 5.08. The molecule has 0 aliphatic rings. The minimum atomic E-state index is -1.07. The number of rotatable bonds is 8. The quantitative estimate of drug-likeness (QED) is 0.455. The van der Waals surface area contributed by atoms with Gasteiger partial charge < -0.3 is 25.8 Å². The monoisotopic (exact) mass is 247 g/mol. The second-order valence-corrected chi connectivity index (χ2v) is 3.16. The van der Waals surface area contributed by atoms with E-state index in [4.69, 9.17) is 15.6 Å². The number of nitrogens with one attached hydrogen (secondary N) is 1. The average Bonchev–Trinajstić information content (AvgIpc) is 2.24. The van der Waals surface area contributed by atoms with Crippen LogP contribution in [0.25, 0.3) is 0 Å². The minimum absolute atomic E-state index is 0.0895. The molecule has 0 spiro atoms. The Kier molecular flexibility index (Phi) is 7.44. The van der Waals surface area contributed by atoms with E-state index >= 15 is 0 Å². The molecule has 0 saturated heterocycles. The molecule has 3 amide bonds. The van der Waals surface area contributed by atoms with Gasteiger partial charge in [-0.3, -0.25) is 4.79 Å². The highest BCUT2D eigenvalue weighted by Gasteiger charge is 2.12. The van der Waals surface area contributed by atoms with Gasteiger partial charge in [0.2, 0.25) is 5.91 Å². The van der Waals surface area contributed by atoms with Gasteiger partial charge in [0.05, 0.1) is 6.61 Å². The predicted molar refractivity (Wildman–Crippen MR) is 58.3 cm³/mol. The molecule has 0 aliphatic heterocycles. The fraction of sp³-hybridized carbons (Fsp3) is 0.667. The molecule has 8 heteroatoms. The topological polar surface area (TPSA) is 122 Å². The molecule has 0 heterocycles. The van der Waals surface area contributed by atoms with Crippen LogP contribution in [0, 0.1) is 0 Å². The van der Waals surface area contributed by atoms with Crippen molar-refractivity contribution in [3.8, 4) is 0 Å². The van der Waals surface area contributed by atoms with E-state index in [2.05, 4.69) is 5.32 Å². The SMILES string of the molecule is CCN(CC(N)=O)C(=O)NCCOCC(=O)O. The fourth-order valence-corrected chi connectivity index (χ4v) is 1.02. The van der Waals surface area contributed by atoms with Gasteiger partial charge >= 0.3 is 12.0 Å². The van der Waals surface area contributed by atoms with Crippen LogP contribution >= 0.6 is 0 Å². The van der Waals surface area contributed by atoms with E-state index in [1.165, 1.54) is 4.90 Å². The van der Waals surface area contributed by atoms with Crippen LogP contribution in [-0.4, -0.2) is 60.8 Å². The molecule has 0 radical (unpaired) electrons. The lowest BCUT2D eigenvalue weighted by atomic mass is 10.5. The van der Waals surface area contributed by atoms with Gasteiger partial charge in [-0.15, -0.1) is 0 Å². The first kappa shape index (κ1) is 15.2. The number of urea groups is 1. The van der Waals surface area contributed by atoms with E-state index in [1.54, 1.807) is 6.92 Å². The predicted octanol–water partition coefficient (Wildman–Crippen LogP) is -1.40. The molecule has 17 heavy (non-hydrogen) atoms. The Morgan fingerprint density at radius 1 is 1.41 bits per heavy atom. The lowest BCUT2D eigenvalue weighted by Gasteiger charge is -2.19. The number of carboxylic acid groups (broad SMARTS) is 1. The lowest BCUT2D eigenvalue weighted by Crippen LogP contribution is -2.45. The van der Waals surface area contributed by atoms with Crippen molar-refractivity contribution in [3.63, 3.8) is 0 Å². The molecular weight excluding hydrogens is 230 g/mol. The van der Waals surface area contributed by atoms with Gasteiger partial charge in [0.25, 0.3) is 0 Å². The number of amides is 3. The molecule has 0 fully saturated rings. The van der Waals surface area contributed by atoms with Crippen LogP contribution in [0.15, 0.2) is 0 Å². The van der Waals surface area contributed by atoms with Crippen molar-refractivity contribution in [1.29, 1.82) is 0 Å². The van der Waals surface area contributed by atoms with Crippen molar-refractivity contribution < 1.29 is 24.2 Å². The van der Waals surface area contributed by atoms with Crippen molar-refractivity contribution >= 4 is 17.9 Å². The molecule has 0 bridgehead atoms. The van der Waals surface area contributed by atoms with Gasteiger partial charge in [-0.2, -0.15) is 0 Å². The van der Waals surface area contributed by atoms with E-state index in [-0.39, 0.29) is 19.7 Å². The minimum Gasteiger partial charge on any atom is -0.480 e. The Hall–Kier alpha value is -1.83. The van der Waals surface area contributed by atoms with Crippen LogP contribution in [0.4, 0.5) is 4.79 Å². The Morgan fingerprint density at radius 3 is 2.53 bits per heavy atom. The van der Waals surface area contributed by atoms with Crippen LogP contribution in [0.1, 0.15) is 6.92 Å². The van der Waals surface area contributed by atoms with Crippen molar-refractivity contribution in [2.75, 3.05) is 32.8 Å². The second kappa shape index (κ2) is 8.34. The zero-order chi connectivity index (χ0) is 13.3. The van der Waals surface area contributed by atoms with E-state index in [1.807, 2.05) is 0 Å². The first-order chi connectivity index (χ1) is 7.97. The number of hydrogen-bond donors (Lipinski definition) is 3. The molecule has 0 atom stereocenters. The van der Waals surface area contributed by atoms with E-state index < -0.39 is 24.5 Å². The van der Waals surface area contributed by atoms with Gasteiger partial charge in [0, 0.05) is 13.1 Å². The van der Waals surface area contributed by atoms with Crippen LogP contribution in [-0.2, 0) is 14.3 Å². The summed E-state index contributed by atoms with van der Waals surface area (Å²) in [6.07, 6.45) is 0. The van der Waals surface area contributed by atoms with Gasteiger partial charge in [0.1, 0.15) is 13.2 Å². The van der Waals surface area contributed by atoms with Crippen LogP contribution in [0.2, 0.25) is 0 Å². The van der Waals surface area contributed by atoms with Gasteiger partial charge in [-0.1, -0.05) is 0 Å². The number of primary amides is 1. The highest BCUT2D eigenvalue weighted by Crippen LogP contribution is 1.88. The molecule has 0 unspecified atom stereocenters. The van der Waals surface area contributed by atoms with E-state index in [0.717, 1.165) is 0 Å². The number of aliphatic carboxylic acids is 1. The van der Waals surface area contributed by atoms with Crippen LogP contribution < -0.4 is 11.1 Å². The zero-order valence-corrected chi connectivity index (χ0v) is 9.64. The third kappa shape index (κ3) is 8.03. The van der Waals surface area contributed by atoms with Gasteiger partial charge in [0.15, 0.2) is 0 Å². The molecule has 0 aliphatic carbocycles. The molecule has 98 valence electrons. The zero-order valence-electron chi connectivity index (χ0n) is 9.64. The Labute approximate surface area is 98.7 Å². The Bertz CT molecular complexity index is 282. The molecule has 0 aromatic rings. The number of carbonyl (C=O) groups is 3. The van der Waals surface area contributed by atoms with Crippen molar-refractivity contribution in [2.45, 2.75) is 6.92 Å². The standard InChI is InChI=1S/C9H17N3O5/c1-2-12(5-7(10)13)9(16)11-3-4-17-6-8(14)15/h2-6H2,1H3,(H2,10,13)(H,11,16)(H,14,15). The Balaban J connectivity index is 3.75. The third-order valence-electron chi connectivity index (χ3n) is 1.76. The maximum Gasteiger partial charge on any atom is 0.329 e. The summed E-state index contributed by atoms with van der Waals surface area (Å²) < 4.78 is 4.72. The molecular formula is C9H17N3O5. The molecule has 0 saturated carbocycles. The summed E-state index contributed by atoms with van der Waals surface area (Å²) in [5.41, 5.74) is 4.97. The summed E-state index contributed by atoms with van der Waals surface area (Å²) in [4.78, 5) is 33.4. The summed E-state index contributed by atoms with van der Waals surface area (Å²) in [5, 5.41) is 10.7. The highest BCUT2D eigenvalue weighted by atomic mass is 16.5. The number of hydrogen-bond acceptors (Lipinski definition) is 4. The Morgan fingerprint density at radius 2 is 2.06 bits per heavy atom. The number of ether oxygens (including phenoxy) is 1. The maximum absolute atomic E-state index is 11.4. The summed E-state index contributed by atoms with van der Waals surface area (Å²) in [6, 6.07) is -0.440. The van der Waals surface area contributed by atoms with E-state index in [0.29, 0.717) is 6.54 Å². The van der Waals surface area contributed by atoms with Gasteiger partial charge in [-0.25, -0.2) is 9.59 Å². The first-order valence-corrected chi connectivity index (χ1v) is 5.08. The third-order valence-corrected chi connectivity index (χ3v) is 1.76. The number of nitrogens with zero attached hydrogens (tertiary/aromatic N) is 1. The number of likely N-dealkylation sites (N-methyl/N-ethyl adjacent to an activating group) is 1. The van der Waals surface area contributed by atoms with Gasteiger partial charge in [-0.05, 0) is 6.92 Å². The summed E-state index contributed by atoms with van der Waals surface area (Å²) in [6.45, 7) is 1.76. The lowest BCUT2D eigenvalue weighted by molar-refractivity contribution is -0.142. The number of carboxylic acids is 1. The molecule has 4 N–H and O–H groups in total. The van der Waals surface area contributed by atoms with E-state index in [9.17, 15) is 14.4 Å². The molecule has 0 aromatic heterocycles. The van der Waals surface area contributed by atoms with Crippen LogP contribution in [0.5, 0.6) is 0 Å². The average molecular weight is 247 g/mol. The summed E-state index contributed by atoms with van der Waals surface area (Å²) in [5.74, 6) is -1.66. The summed E-state index contributed by atoms with van der Waals surface area (Å²) >= 11 is 0. The molecule has 0 aromatic carbocycles. The summed E-state index contributed by atoms with van der Waals surface area (Å²) in [7, 11) is 0. The largest absolute Gasteiger partial charge is 0.480 e. The number of carbonyl (C=O) groups excluding carboxylic acids is 2. The maximum atomic E-state index is 11.4.